The first-order valence-electron chi connectivity index (χ1n) is 9.27. The van der Waals surface area contributed by atoms with Gasteiger partial charge in [0.1, 0.15) is 5.75 Å². The normalized spacial score (nSPS) is 14.9. The van der Waals surface area contributed by atoms with Crippen LogP contribution in [0.15, 0.2) is 54.6 Å². The second kappa shape index (κ2) is 9.19. The molecular formula is C22H25N3O3. The molecule has 2 aromatic carbocycles. The third-order valence-electron chi connectivity index (χ3n) is 4.76. The second-order valence-electron chi connectivity index (χ2n) is 6.71. The van der Waals surface area contributed by atoms with E-state index in [0.29, 0.717) is 30.1 Å². The second-order valence-corrected chi connectivity index (χ2v) is 6.71. The molecule has 1 aliphatic rings. The number of hydrogen-bond acceptors (Lipinski definition) is 4. The fourth-order valence-corrected chi connectivity index (χ4v) is 3.10. The van der Waals surface area contributed by atoms with Crippen molar-refractivity contribution in [2.75, 3.05) is 45.7 Å². The van der Waals surface area contributed by atoms with Gasteiger partial charge in [-0.1, -0.05) is 30.3 Å². The number of amides is 2. The van der Waals surface area contributed by atoms with Crippen LogP contribution >= 0.6 is 0 Å². The van der Waals surface area contributed by atoms with E-state index in [1.807, 2.05) is 42.3 Å². The van der Waals surface area contributed by atoms with Crippen molar-refractivity contribution in [3.05, 3.63) is 65.7 Å². The van der Waals surface area contributed by atoms with Crippen LogP contribution in [-0.4, -0.2) is 62.0 Å². The zero-order valence-corrected chi connectivity index (χ0v) is 16.2. The standard InChI is InChI=1S/C22H25N3O3/c1-24-13-15-25(16-14-24)22(27)18-8-4-5-9-19(18)23-21(26)12-11-17-7-3-6-10-20(17)28-2/h3-12H,13-16H2,1-2H3,(H,23,26)/b12-11+. The van der Waals surface area contributed by atoms with Gasteiger partial charge in [-0.25, -0.2) is 0 Å². The molecule has 0 unspecified atom stereocenters. The summed E-state index contributed by atoms with van der Waals surface area (Å²) >= 11 is 0. The number of para-hydroxylation sites is 2. The Morgan fingerprint density at radius 3 is 2.43 bits per heavy atom. The lowest BCUT2D eigenvalue weighted by molar-refractivity contribution is -0.111. The molecule has 1 N–H and O–H groups in total. The maximum atomic E-state index is 12.9. The first-order valence-corrected chi connectivity index (χ1v) is 9.27. The molecule has 0 spiro atoms. The Kier molecular flexibility index (Phi) is 6.45. The molecular weight excluding hydrogens is 354 g/mol. The molecule has 0 atom stereocenters. The van der Waals surface area contributed by atoms with Gasteiger partial charge in [0, 0.05) is 37.8 Å². The molecule has 6 heteroatoms. The number of benzene rings is 2. The minimum atomic E-state index is -0.301. The zero-order chi connectivity index (χ0) is 19.9. The number of nitrogens with zero attached hydrogens (tertiary/aromatic N) is 2. The van der Waals surface area contributed by atoms with Gasteiger partial charge < -0.3 is 19.9 Å². The van der Waals surface area contributed by atoms with Crippen molar-refractivity contribution >= 4 is 23.6 Å². The van der Waals surface area contributed by atoms with Crippen LogP contribution in [0, 0.1) is 0 Å². The average molecular weight is 379 g/mol. The van der Waals surface area contributed by atoms with Crippen LogP contribution in [-0.2, 0) is 4.79 Å². The van der Waals surface area contributed by atoms with Crippen molar-refractivity contribution in [2.24, 2.45) is 0 Å². The van der Waals surface area contributed by atoms with Crippen LogP contribution in [0.2, 0.25) is 0 Å². The molecule has 1 aliphatic heterocycles. The van der Waals surface area contributed by atoms with Crippen LogP contribution in [0.5, 0.6) is 5.75 Å². The summed E-state index contributed by atoms with van der Waals surface area (Å²) in [6.07, 6.45) is 3.13. The SMILES string of the molecule is COc1ccccc1/C=C/C(=O)Nc1ccccc1C(=O)N1CCN(C)CC1. The van der Waals surface area contributed by atoms with Crippen molar-refractivity contribution < 1.29 is 14.3 Å². The van der Waals surface area contributed by atoms with Gasteiger partial charge in [-0.3, -0.25) is 9.59 Å². The molecule has 2 amide bonds. The van der Waals surface area contributed by atoms with E-state index in [1.54, 1.807) is 31.4 Å². The van der Waals surface area contributed by atoms with E-state index >= 15 is 0 Å². The largest absolute Gasteiger partial charge is 0.496 e. The van der Waals surface area contributed by atoms with Gasteiger partial charge in [-0.2, -0.15) is 0 Å². The van der Waals surface area contributed by atoms with Gasteiger partial charge >= 0.3 is 0 Å². The van der Waals surface area contributed by atoms with Crippen molar-refractivity contribution in [3.8, 4) is 5.75 Å². The molecule has 28 heavy (non-hydrogen) atoms. The Morgan fingerprint density at radius 1 is 1.00 bits per heavy atom. The predicted octanol–water partition coefficient (Wildman–Crippen LogP) is 2.73. The van der Waals surface area contributed by atoms with E-state index < -0.39 is 0 Å². The van der Waals surface area contributed by atoms with Gasteiger partial charge in [0.05, 0.1) is 18.4 Å². The smallest absolute Gasteiger partial charge is 0.256 e. The van der Waals surface area contributed by atoms with E-state index in [2.05, 4.69) is 10.2 Å². The Labute approximate surface area is 165 Å². The summed E-state index contributed by atoms with van der Waals surface area (Å²) in [7, 11) is 3.64. The average Bonchev–Trinajstić information content (AvgIpc) is 2.73. The molecule has 0 aliphatic carbocycles. The molecule has 2 aromatic rings. The number of methoxy groups -OCH3 is 1. The van der Waals surface area contributed by atoms with Crippen LogP contribution in [0.1, 0.15) is 15.9 Å². The Bertz CT molecular complexity index is 871. The Morgan fingerprint density at radius 2 is 1.68 bits per heavy atom. The molecule has 1 saturated heterocycles. The van der Waals surface area contributed by atoms with Gasteiger partial charge in [0.25, 0.3) is 5.91 Å². The van der Waals surface area contributed by atoms with E-state index in [9.17, 15) is 9.59 Å². The number of rotatable bonds is 5. The predicted molar refractivity (Wildman–Crippen MR) is 111 cm³/mol. The van der Waals surface area contributed by atoms with Crippen LogP contribution < -0.4 is 10.1 Å². The molecule has 0 saturated carbocycles. The van der Waals surface area contributed by atoms with E-state index in [1.165, 1.54) is 6.08 Å². The van der Waals surface area contributed by atoms with Crippen molar-refractivity contribution in [1.29, 1.82) is 0 Å². The van der Waals surface area contributed by atoms with Crippen LogP contribution in [0.25, 0.3) is 6.08 Å². The number of anilines is 1. The number of carbonyl (C=O) groups excluding carboxylic acids is 2. The first-order chi connectivity index (χ1) is 13.6. The van der Waals surface area contributed by atoms with Crippen LogP contribution in [0.4, 0.5) is 5.69 Å². The number of carbonyl (C=O) groups is 2. The lowest BCUT2D eigenvalue weighted by Crippen LogP contribution is -2.47. The zero-order valence-electron chi connectivity index (χ0n) is 16.2. The van der Waals surface area contributed by atoms with Crippen molar-refractivity contribution in [1.82, 2.24) is 9.80 Å². The summed E-state index contributed by atoms with van der Waals surface area (Å²) in [5.74, 6) is 0.333. The molecule has 3 rings (SSSR count). The maximum Gasteiger partial charge on any atom is 0.256 e. The van der Waals surface area contributed by atoms with E-state index in [4.69, 9.17) is 4.74 Å². The third kappa shape index (κ3) is 4.78. The highest BCUT2D eigenvalue weighted by Crippen LogP contribution is 2.20. The number of nitrogens with one attached hydrogen (secondary N) is 1. The summed E-state index contributed by atoms with van der Waals surface area (Å²) in [6, 6.07) is 14.6. The summed E-state index contributed by atoms with van der Waals surface area (Å²) in [5, 5.41) is 2.82. The highest BCUT2D eigenvalue weighted by molar-refractivity contribution is 6.07. The molecule has 1 heterocycles. The summed E-state index contributed by atoms with van der Waals surface area (Å²) in [6.45, 7) is 3.07. The topological polar surface area (TPSA) is 61.9 Å². The van der Waals surface area contributed by atoms with Gasteiger partial charge in [-0.15, -0.1) is 0 Å². The first kappa shape index (κ1) is 19.6. The minimum Gasteiger partial charge on any atom is -0.496 e. The monoisotopic (exact) mass is 379 g/mol. The quantitative estimate of drug-likeness (QED) is 0.812. The fourth-order valence-electron chi connectivity index (χ4n) is 3.10. The van der Waals surface area contributed by atoms with Crippen molar-refractivity contribution in [3.63, 3.8) is 0 Å². The maximum absolute atomic E-state index is 12.9. The number of likely N-dealkylation sites (N-methyl/N-ethyl adjacent to an activating group) is 1. The highest BCUT2D eigenvalue weighted by atomic mass is 16.5. The van der Waals surface area contributed by atoms with E-state index in [-0.39, 0.29) is 11.8 Å². The van der Waals surface area contributed by atoms with Crippen LogP contribution in [0.3, 0.4) is 0 Å². The van der Waals surface area contributed by atoms with E-state index in [0.717, 1.165) is 18.7 Å². The lowest BCUT2D eigenvalue weighted by atomic mass is 10.1. The molecule has 0 aromatic heterocycles. The molecule has 6 nitrogen and oxygen atoms in total. The third-order valence-corrected chi connectivity index (χ3v) is 4.76. The summed E-state index contributed by atoms with van der Waals surface area (Å²) < 4.78 is 5.28. The Hall–Kier alpha value is -3.12. The van der Waals surface area contributed by atoms with Gasteiger partial charge in [-0.05, 0) is 31.3 Å². The summed E-state index contributed by atoms with van der Waals surface area (Å²) in [5.41, 5.74) is 1.83. The van der Waals surface area contributed by atoms with Crippen molar-refractivity contribution in [2.45, 2.75) is 0 Å². The number of ether oxygens (including phenoxy) is 1. The fraction of sp³-hybridized carbons (Fsp3) is 0.273. The number of hydrogen-bond donors (Lipinski definition) is 1. The lowest BCUT2D eigenvalue weighted by Gasteiger charge is -2.32. The molecule has 0 radical (unpaired) electrons. The van der Waals surface area contributed by atoms with Gasteiger partial charge in [0.2, 0.25) is 5.91 Å². The minimum absolute atomic E-state index is 0.0577. The Balaban J connectivity index is 1.71. The van der Waals surface area contributed by atoms with Gasteiger partial charge in [0.15, 0.2) is 0 Å². The molecule has 1 fully saturated rings. The number of piperazine rings is 1. The molecule has 0 bridgehead atoms. The highest BCUT2D eigenvalue weighted by Gasteiger charge is 2.22. The summed E-state index contributed by atoms with van der Waals surface area (Å²) in [4.78, 5) is 29.3. The molecule has 146 valence electrons.